The second-order valence-electron chi connectivity index (χ2n) is 4.91. The van der Waals surface area contributed by atoms with Crippen molar-refractivity contribution in [1.82, 2.24) is 5.32 Å². The number of rotatable bonds is 3. The van der Waals surface area contributed by atoms with Gasteiger partial charge in [0.2, 0.25) is 5.91 Å². The van der Waals surface area contributed by atoms with Crippen molar-refractivity contribution in [3.05, 3.63) is 64.1 Å². The van der Waals surface area contributed by atoms with Crippen LogP contribution in [-0.4, -0.2) is 18.3 Å². The molecule has 0 unspecified atom stereocenters. The minimum Gasteiger partial charge on any atom is -0.311 e. The second-order valence-corrected chi connectivity index (χ2v) is 5.73. The zero-order valence-corrected chi connectivity index (χ0v) is 13.1. The Hall–Kier alpha value is -2.04. The van der Waals surface area contributed by atoms with Crippen LogP contribution in [0.25, 0.3) is 0 Å². The zero-order valence-electron chi connectivity index (χ0n) is 11.6. The summed E-state index contributed by atoms with van der Waals surface area (Å²) < 4.78 is 0. The number of carbonyl (C=O) groups is 1. The summed E-state index contributed by atoms with van der Waals surface area (Å²) in [5, 5.41) is 9.82. The Morgan fingerprint density at radius 1 is 1.09 bits per heavy atom. The second kappa shape index (κ2) is 6.38. The van der Waals surface area contributed by atoms with Gasteiger partial charge < -0.3 is 5.32 Å². The van der Waals surface area contributed by atoms with Crippen LogP contribution in [0.1, 0.15) is 5.56 Å². The molecule has 2 aromatic carbocycles. The van der Waals surface area contributed by atoms with Crippen LogP contribution in [0, 0.1) is 0 Å². The fourth-order valence-electron chi connectivity index (χ4n) is 2.21. The van der Waals surface area contributed by atoms with Gasteiger partial charge in [-0.05, 0) is 23.8 Å². The highest BCUT2D eigenvalue weighted by atomic mass is 35.5. The van der Waals surface area contributed by atoms with Crippen molar-refractivity contribution >= 4 is 40.6 Å². The number of benzene rings is 2. The highest BCUT2D eigenvalue weighted by molar-refractivity contribution is 6.42. The van der Waals surface area contributed by atoms with Crippen molar-refractivity contribution in [2.45, 2.75) is 6.42 Å². The highest BCUT2D eigenvalue weighted by Gasteiger charge is 2.20. The average Bonchev–Trinajstić information content (AvgIpc) is 2.50. The van der Waals surface area contributed by atoms with E-state index in [0.29, 0.717) is 22.3 Å². The van der Waals surface area contributed by atoms with Gasteiger partial charge in [-0.25, -0.2) is 0 Å². The molecule has 6 heteroatoms. The van der Waals surface area contributed by atoms with Gasteiger partial charge >= 0.3 is 0 Å². The van der Waals surface area contributed by atoms with E-state index in [1.807, 2.05) is 30.3 Å². The number of hydrogen-bond donors (Lipinski definition) is 1. The lowest BCUT2D eigenvalue weighted by molar-refractivity contribution is -0.118. The lowest BCUT2D eigenvalue weighted by Gasteiger charge is -2.25. The predicted octanol–water partition coefficient (Wildman–Crippen LogP) is 3.49. The lowest BCUT2D eigenvalue weighted by Crippen LogP contribution is -2.45. The monoisotopic (exact) mass is 333 g/mol. The van der Waals surface area contributed by atoms with Crippen LogP contribution >= 0.6 is 23.2 Å². The van der Waals surface area contributed by atoms with Gasteiger partial charge in [-0.3, -0.25) is 9.80 Å². The van der Waals surface area contributed by atoms with Crippen molar-refractivity contribution in [2.24, 2.45) is 5.10 Å². The predicted molar refractivity (Wildman–Crippen MR) is 89.5 cm³/mol. The molecule has 112 valence electrons. The first kappa shape index (κ1) is 14.9. The van der Waals surface area contributed by atoms with E-state index in [1.54, 1.807) is 23.2 Å². The molecule has 0 radical (unpaired) electrons. The number of hydrogen-bond acceptors (Lipinski definition) is 3. The zero-order chi connectivity index (χ0) is 15.5. The van der Waals surface area contributed by atoms with Gasteiger partial charge in [0.25, 0.3) is 0 Å². The number of halogens is 2. The molecule has 1 aliphatic rings. The van der Waals surface area contributed by atoms with E-state index in [-0.39, 0.29) is 12.5 Å². The van der Waals surface area contributed by atoms with Crippen molar-refractivity contribution in [2.75, 3.05) is 11.6 Å². The SMILES string of the molecule is O=C1CN(c2ccc(Cl)c(Cl)c2)N=C(Cc2ccccc2)N1. The molecule has 0 fully saturated rings. The van der Waals surface area contributed by atoms with Crippen LogP contribution in [0.5, 0.6) is 0 Å². The summed E-state index contributed by atoms with van der Waals surface area (Å²) in [6.07, 6.45) is 0.560. The minimum atomic E-state index is -0.105. The Morgan fingerprint density at radius 2 is 1.86 bits per heavy atom. The molecule has 0 atom stereocenters. The van der Waals surface area contributed by atoms with Gasteiger partial charge in [-0.1, -0.05) is 53.5 Å². The number of anilines is 1. The maximum absolute atomic E-state index is 11.9. The Labute approximate surface area is 138 Å². The first-order valence-electron chi connectivity index (χ1n) is 6.75. The summed E-state index contributed by atoms with van der Waals surface area (Å²) in [6, 6.07) is 15.0. The van der Waals surface area contributed by atoms with Gasteiger partial charge in [0, 0.05) is 6.42 Å². The average molecular weight is 334 g/mol. The molecule has 0 spiro atoms. The van der Waals surface area contributed by atoms with E-state index in [2.05, 4.69) is 10.4 Å². The molecule has 1 heterocycles. The van der Waals surface area contributed by atoms with Gasteiger partial charge in [-0.2, -0.15) is 5.10 Å². The maximum atomic E-state index is 11.9. The van der Waals surface area contributed by atoms with E-state index < -0.39 is 0 Å². The normalized spacial score (nSPS) is 14.5. The molecule has 1 N–H and O–H groups in total. The van der Waals surface area contributed by atoms with Crippen LogP contribution in [-0.2, 0) is 11.2 Å². The molecule has 4 nitrogen and oxygen atoms in total. The number of nitrogens with one attached hydrogen (secondary N) is 1. The molecule has 1 aliphatic heterocycles. The lowest BCUT2D eigenvalue weighted by atomic mass is 10.1. The standard InChI is InChI=1S/C16H13Cl2N3O/c17-13-7-6-12(9-14(13)18)21-10-16(22)19-15(20-21)8-11-4-2-1-3-5-11/h1-7,9H,8,10H2,(H,19,20,22). The maximum Gasteiger partial charge on any atom is 0.247 e. The number of hydrazone groups is 1. The van der Waals surface area contributed by atoms with Crippen molar-refractivity contribution < 1.29 is 4.79 Å². The quantitative estimate of drug-likeness (QED) is 0.934. The van der Waals surface area contributed by atoms with Crippen LogP contribution in [0.3, 0.4) is 0 Å². The first-order chi connectivity index (χ1) is 10.6. The van der Waals surface area contributed by atoms with Crippen LogP contribution in [0.15, 0.2) is 53.6 Å². The third kappa shape index (κ3) is 3.40. The van der Waals surface area contributed by atoms with Gasteiger partial charge in [0.1, 0.15) is 12.4 Å². The third-order valence-corrected chi connectivity index (χ3v) is 3.97. The molecular weight excluding hydrogens is 321 g/mol. The Morgan fingerprint density at radius 3 is 2.59 bits per heavy atom. The van der Waals surface area contributed by atoms with E-state index in [9.17, 15) is 4.79 Å². The summed E-state index contributed by atoms with van der Waals surface area (Å²) in [4.78, 5) is 11.9. The number of amidine groups is 1. The smallest absolute Gasteiger partial charge is 0.247 e. The fraction of sp³-hybridized carbons (Fsp3) is 0.125. The molecule has 1 amide bonds. The highest BCUT2D eigenvalue weighted by Crippen LogP contribution is 2.27. The van der Waals surface area contributed by atoms with Gasteiger partial charge in [0.05, 0.1) is 15.7 Å². The van der Waals surface area contributed by atoms with Crippen LogP contribution in [0.4, 0.5) is 5.69 Å². The molecule has 0 aliphatic carbocycles. The Balaban J connectivity index is 1.86. The molecule has 2 aromatic rings. The van der Waals surface area contributed by atoms with Crippen molar-refractivity contribution in [3.8, 4) is 0 Å². The van der Waals surface area contributed by atoms with Crippen LogP contribution in [0.2, 0.25) is 10.0 Å². The summed E-state index contributed by atoms with van der Waals surface area (Å²) in [7, 11) is 0. The molecule has 3 rings (SSSR count). The van der Waals surface area contributed by atoms with E-state index in [1.165, 1.54) is 0 Å². The van der Waals surface area contributed by atoms with Gasteiger partial charge in [-0.15, -0.1) is 0 Å². The third-order valence-electron chi connectivity index (χ3n) is 3.23. The Bertz CT molecular complexity index is 731. The van der Waals surface area contributed by atoms with E-state index >= 15 is 0 Å². The summed E-state index contributed by atoms with van der Waals surface area (Å²) >= 11 is 11.9. The van der Waals surface area contributed by atoms with Gasteiger partial charge in [0.15, 0.2) is 0 Å². The summed E-state index contributed by atoms with van der Waals surface area (Å²) in [5.41, 5.74) is 1.81. The topological polar surface area (TPSA) is 44.7 Å². The number of nitrogens with zero attached hydrogens (tertiary/aromatic N) is 2. The molecule has 0 aromatic heterocycles. The molecule has 22 heavy (non-hydrogen) atoms. The van der Waals surface area contributed by atoms with E-state index in [0.717, 1.165) is 11.3 Å². The van der Waals surface area contributed by atoms with Crippen molar-refractivity contribution in [3.63, 3.8) is 0 Å². The van der Waals surface area contributed by atoms with Crippen LogP contribution < -0.4 is 10.3 Å². The summed E-state index contributed by atoms with van der Waals surface area (Å²) in [5.74, 6) is 0.500. The minimum absolute atomic E-state index is 0.105. The summed E-state index contributed by atoms with van der Waals surface area (Å²) in [6.45, 7) is 0.149. The van der Waals surface area contributed by atoms with E-state index in [4.69, 9.17) is 23.2 Å². The number of carbonyl (C=O) groups excluding carboxylic acids is 1. The molecule has 0 bridgehead atoms. The van der Waals surface area contributed by atoms with Crippen molar-refractivity contribution in [1.29, 1.82) is 0 Å². The Kier molecular flexibility index (Phi) is 4.32. The molecular formula is C16H13Cl2N3O. The molecule has 0 saturated carbocycles. The number of amides is 1. The molecule has 0 saturated heterocycles. The largest absolute Gasteiger partial charge is 0.311 e. The fourth-order valence-corrected chi connectivity index (χ4v) is 2.50. The first-order valence-corrected chi connectivity index (χ1v) is 7.51.